The van der Waals surface area contributed by atoms with Gasteiger partial charge in [-0.1, -0.05) is 26.8 Å². The number of alkyl halides is 3. The van der Waals surface area contributed by atoms with Crippen molar-refractivity contribution in [3.63, 3.8) is 0 Å². The van der Waals surface area contributed by atoms with Gasteiger partial charge in [-0.3, -0.25) is 9.38 Å². The van der Waals surface area contributed by atoms with Crippen LogP contribution in [0.5, 0.6) is 0 Å². The van der Waals surface area contributed by atoms with Crippen molar-refractivity contribution in [2.45, 2.75) is 51.7 Å². The summed E-state index contributed by atoms with van der Waals surface area (Å²) in [6, 6.07) is 10.5. The number of aromatic nitrogens is 4. The molecule has 0 saturated heterocycles. The average molecular weight is 500 g/mol. The Morgan fingerprint density at radius 1 is 0.971 bits per heavy atom. The number of pyridine rings is 1. The first-order valence-corrected chi connectivity index (χ1v) is 14.1. The minimum Gasteiger partial charge on any atom is -0.411 e. The third kappa shape index (κ3) is 5.38. The van der Waals surface area contributed by atoms with Gasteiger partial charge in [-0.05, 0) is 54.5 Å². The van der Waals surface area contributed by atoms with Crippen molar-refractivity contribution in [1.82, 2.24) is 19.4 Å². The van der Waals surface area contributed by atoms with Gasteiger partial charge in [0, 0.05) is 11.9 Å². The number of nitrogens with one attached hydrogen (secondary N) is 1. The van der Waals surface area contributed by atoms with Gasteiger partial charge < -0.3 is 9.74 Å². The fourth-order valence-electron chi connectivity index (χ4n) is 3.31. The zero-order chi connectivity index (χ0) is 25.4. The zero-order valence-electron chi connectivity index (χ0n) is 20.3. The van der Waals surface area contributed by atoms with E-state index in [1.54, 1.807) is 6.20 Å². The predicted molar refractivity (Wildman–Crippen MR) is 133 cm³/mol. The van der Waals surface area contributed by atoms with Gasteiger partial charge in [-0.2, -0.15) is 13.2 Å². The van der Waals surface area contributed by atoms with Gasteiger partial charge in [0.05, 0.1) is 36.0 Å². The lowest BCUT2D eigenvalue weighted by atomic mass is 10.2. The van der Waals surface area contributed by atoms with E-state index in [4.69, 9.17) is 9.41 Å². The number of rotatable bonds is 6. The summed E-state index contributed by atoms with van der Waals surface area (Å²) >= 11 is 0. The van der Waals surface area contributed by atoms with Gasteiger partial charge in [-0.15, -0.1) is 0 Å². The van der Waals surface area contributed by atoms with Crippen LogP contribution in [0.15, 0.2) is 61.1 Å². The zero-order valence-corrected chi connectivity index (χ0v) is 21.3. The highest BCUT2D eigenvalue weighted by atomic mass is 28.4. The number of benzene rings is 1. The fraction of sp³-hybridized carbons (Fsp3) is 0.320. The summed E-state index contributed by atoms with van der Waals surface area (Å²) in [6.45, 7) is 11.3. The molecule has 3 heterocycles. The van der Waals surface area contributed by atoms with Gasteiger partial charge in [0.15, 0.2) is 8.32 Å². The normalized spacial score (nSPS) is 12.8. The van der Waals surface area contributed by atoms with Crippen LogP contribution in [0.4, 0.5) is 24.7 Å². The molecular weight excluding hydrogens is 471 g/mol. The molecule has 0 aliphatic rings. The van der Waals surface area contributed by atoms with Gasteiger partial charge in [-0.25, -0.2) is 9.97 Å². The van der Waals surface area contributed by atoms with Crippen molar-refractivity contribution in [1.29, 1.82) is 0 Å². The Labute approximate surface area is 203 Å². The first kappa shape index (κ1) is 24.9. The molecule has 35 heavy (non-hydrogen) atoms. The maximum atomic E-state index is 12.9. The molecule has 0 radical (unpaired) electrons. The monoisotopic (exact) mass is 499 g/mol. The summed E-state index contributed by atoms with van der Waals surface area (Å²) < 4.78 is 47.0. The molecule has 6 nitrogen and oxygen atoms in total. The van der Waals surface area contributed by atoms with Crippen LogP contribution in [0.3, 0.4) is 0 Å². The molecule has 0 unspecified atom stereocenters. The summed E-state index contributed by atoms with van der Waals surface area (Å²) in [5.74, 6) is 0.407. The van der Waals surface area contributed by atoms with E-state index >= 15 is 0 Å². The van der Waals surface area contributed by atoms with Crippen LogP contribution in [0.1, 0.15) is 32.0 Å². The molecule has 184 valence electrons. The second-order valence-corrected chi connectivity index (χ2v) is 14.7. The second-order valence-electron chi connectivity index (χ2n) is 9.87. The lowest BCUT2D eigenvalue weighted by Gasteiger charge is -2.36. The Bertz CT molecular complexity index is 1330. The van der Waals surface area contributed by atoms with Crippen molar-refractivity contribution in [3.8, 4) is 11.4 Å². The Kier molecular flexibility index (Phi) is 6.45. The van der Waals surface area contributed by atoms with Crippen LogP contribution in [0, 0.1) is 0 Å². The van der Waals surface area contributed by atoms with Gasteiger partial charge >= 0.3 is 6.18 Å². The quantitative estimate of drug-likeness (QED) is 0.287. The first-order valence-electron chi connectivity index (χ1n) is 11.2. The maximum absolute atomic E-state index is 12.9. The van der Waals surface area contributed by atoms with E-state index in [1.165, 1.54) is 18.3 Å². The number of halogens is 3. The predicted octanol–water partition coefficient (Wildman–Crippen LogP) is 7.08. The number of imidazole rings is 1. The molecule has 1 aromatic carbocycles. The lowest BCUT2D eigenvalue weighted by molar-refractivity contribution is -0.137. The molecule has 0 aliphatic carbocycles. The highest BCUT2D eigenvalue weighted by Gasteiger charge is 2.37. The van der Waals surface area contributed by atoms with Crippen LogP contribution in [-0.2, 0) is 17.2 Å². The largest absolute Gasteiger partial charge is 0.416 e. The van der Waals surface area contributed by atoms with E-state index in [0.717, 1.165) is 29.2 Å². The Hall–Kier alpha value is -3.24. The fourth-order valence-corrected chi connectivity index (χ4v) is 4.24. The molecule has 0 bridgehead atoms. The maximum Gasteiger partial charge on any atom is 0.416 e. The van der Waals surface area contributed by atoms with Crippen molar-refractivity contribution < 1.29 is 17.6 Å². The topological polar surface area (TPSA) is 64.3 Å². The number of nitrogens with zero attached hydrogens (tertiary/aromatic N) is 4. The summed E-state index contributed by atoms with van der Waals surface area (Å²) in [6.07, 6.45) is 0.690. The molecule has 0 fully saturated rings. The Morgan fingerprint density at radius 2 is 1.69 bits per heavy atom. The van der Waals surface area contributed by atoms with Crippen LogP contribution in [0.25, 0.3) is 17.0 Å². The van der Waals surface area contributed by atoms with Gasteiger partial charge in [0.2, 0.25) is 0 Å². The lowest BCUT2D eigenvalue weighted by Crippen LogP contribution is -2.40. The minimum atomic E-state index is -4.38. The molecule has 0 atom stereocenters. The molecule has 4 rings (SSSR count). The van der Waals surface area contributed by atoms with E-state index in [-0.39, 0.29) is 5.04 Å². The first-order chi connectivity index (χ1) is 16.3. The Balaban J connectivity index is 1.66. The second kappa shape index (κ2) is 9.08. The van der Waals surface area contributed by atoms with E-state index in [1.807, 2.05) is 28.8 Å². The molecule has 4 aromatic rings. The summed E-state index contributed by atoms with van der Waals surface area (Å²) in [5.41, 5.74) is 2.63. The smallest absolute Gasteiger partial charge is 0.411 e. The third-order valence-corrected chi connectivity index (χ3v) is 10.8. The number of hydrogen-bond acceptors (Lipinski definition) is 5. The van der Waals surface area contributed by atoms with Crippen molar-refractivity contribution in [2.24, 2.45) is 0 Å². The van der Waals surface area contributed by atoms with Crippen molar-refractivity contribution in [2.75, 3.05) is 5.32 Å². The summed E-state index contributed by atoms with van der Waals surface area (Å²) in [7, 11) is -2.02. The molecule has 1 N–H and O–H groups in total. The van der Waals surface area contributed by atoms with Crippen LogP contribution in [0.2, 0.25) is 18.1 Å². The minimum absolute atomic E-state index is 0.0532. The highest BCUT2D eigenvalue weighted by Crippen LogP contribution is 2.38. The SMILES string of the molecule is CC(C)(C)[Si](C)(C)OCc1nc2ccccn2c1-c1cncc(Nc2ccc(C(F)(F)F)cc2)n1. The van der Waals surface area contributed by atoms with Crippen LogP contribution in [-0.4, -0.2) is 27.7 Å². The summed E-state index contributed by atoms with van der Waals surface area (Å²) in [5, 5.41) is 3.09. The van der Waals surface area contributed by atoms with Crippen LogP contribution >= 0.6 is 0 Å². The highest BCUT2D eigenvalue weighted by molar-refractivity contribution is 6.74. The Morgan fingerprint density at radius 3 is 2.34 bits per heavy atom. The summed E-state index contributed by atoms with van der Waals surface area (Å²) in [4.78, 5) is 13.8. The number of anilines is 2. The number of fused-ring (bicyclic) bond motifs is 1. The molecule has 3 aromatic heterocycles. The van der Waals surface area contributed by atoms with Crippen molar-refractivity contribution >= 4 is 25.5 Å². The van der Waals surface area contributed by atoms with Gasteiger partial charge in [0.1, 0.15) is 17.2 Å². The van der Waals surface area contributed by atoms with Crippen molar-refractivity contribution in [3.05, 3.63) is 72.3 Å². The molecule has 0 spiro atoms. The number of hydrogen-bond donors (Lipinski definition) is 1. The van der Waals surface area contributed by atoms with Crippen LogP contribution < -0.4 is 5.32 Å². The molecule has 0 amide bonds. The molecule has 10 heteroatoms. The van der Waals surface area contributed by atoms with Gasteiger partial charge in [0.25, 0.3) is 0 Å². The molecule has 0 saturated carbocycles. The standard InChI is InChI=1S/C25H28F3N5OSi/c1-24(2,3)35(4,5)34-16-20-23(33-13-7-6-8-22(33)32-20)19-14-29-15-21(31-19)30-18-11-9-17(10-12-18)25(26,27)28/h6-15H,16H2,1-5H3,(H,30,31). The van der Waals surface area contributed by atoms with E-state index in [2.05, 4.69) is 49.1 Å². The van der Waals surface area contributed by atoms with E-state index in [0.29, 0.717) is 23.8 Å². The molecular formula is C25H28F3N5OSi. The average Bonchev–Trinajstić information content (AvgIpc) is 3.15. The van der Waals surface area contributed by atoms with E-state index < -0.39 is 20.1 Å². The van der Waals surface area contributed by atoms with E-state index in [9.17, 15) is 13.2 Å². The molecule has 0 aliphatic heterocycles. The third-order valence-electron chi connectivity index (χ3n) is 6.34.